The Morgan fingerprint density at radius 3 is 2.52 bits per heavy atom. The zero-order valence-corrected chi connectivity index (χ0v) is 18.6. The Bertz CT molecular complexity index is 870. The maximum absolute atomic E-state index is 12.4. The van der Waals surface area contributed by atoms with Gasteiger partial charge in [0.2, 0.25) is 5.91 Å². The molecule has 2 heterocycles. The fourth-order valence-electron chi connectivity index (χ4n) is 4.00. The SMILES string of the molecule is O=C(Cc1cc(Cl)c2c(c1)OCCCO2)NCCN1CCN(Cc2ccccc2)CC1. The molecule has 2 aliphatic heterocycles. The fourth-order valence-corrected chi connectivity index (χ4v) is 4.29. The minimum Gasteiger partial charge on any atom is -0.489 e. The van der Waals surface area contributed by atoms with Gasteiger partial charge in [-0.2, -0.15) is 0 Å². The first-order chi connectivity index (χ1) is 15.2. The van der Waals surface area contributed by atoms with Crippen molar-refractivity contribution in [3.63, 3.8) is 0 Å². The molecule has 1 N–H and O–H groups in total. The minimum atomic E-state index is -0.00623. The van der Waals surface area contributed by atoms with E-state index in [4.69, 9.17) is 21.1 Å². The van der Waals surface area contributed by atoms with Crippen molar-refractivity contribution in [2.45, 2.75) is 19.4 Å². The summed E-state index contributed by atoms with van der Waals surface area (Å²) in [6.45, 7) is 7.87. The van der Waals surface area contributed by atoms with Crippen molar-refractivity contribution in [3.05, 3.63) is 58.6 Å². The van der Waals surface area contributed by atoms with Gasteiger partial charge >= 0.3 is 0 Å². The normalized spacial score (nSPS) is 17.2. The number of amides is 1. The Hall–Kier alpha value is -2.28. The lowest BCUT2D eigenvalue weighted by Gasteiger charge is -2.34. The number of benzene rings is 2. The second-order valence-electron chi connectivity index (χ2n) is 8.09. The number of carbonyl (C=O) groups excluding carboxylic acids is 1. The van der Waals surface area contributed by atoms with Crippen LogP contribution in [0, 0.1) is 0 Å². The number of fused-ring (bicyclic) bond motifs is 1. The van der Waals surface area contributed by atoms with Gasteiger partial charge in [0.1, 0.15) is 0 Å². The van der Waals surface area contributed by atoms with Gasteiger partial charge in [-0.1, -0.05) is 41.9 Å². The van der Waals surface area contributed by atoms with Gasteiger partial charge in [0.05, 0.1) is 24.7 Å². The molecule has 2 aromatic carbocycles. The highest BCUT2D eigenvalue weighted by molar-refractivity contribution is 6.32. The van der Waals surface area contributed by atoms with Gasteiger partial charge in [0.15, 0.2) is 11.5 Å². The van der Waals surface area contributed by atoms with E-state index >= 15 is 0 Å². The highest BCUT2D eigenvalue weighted by Gasteiger charge is 2.18. The molecule has 1 amide bonds. The first kappa shape index (κ1) is 21.9. The van der Waals surface area contributed by atoms with Gasteiger partial charge in [0, 0.05) is 52.2 Å². The standard InChI is InChI=1S/C24H30ClN3O3/c25-21-15-20(16-22-24(21)31-14-4-13-30-22)17-23(29)26-7-8-27-9-11-28(12-10-27)18-19-5-2-1-3-6-19/h1-3,5-6,15-16H,4,7-14,17-18H2,(H,26,29). The Labute approximate surface area is 189 Å². The van der Waals surface area contributed by atoms with E-state index in [1.165, 1.54) is 5.56 Å². The summed E-state index contributed by atoms with van der Waals surface area (Å²) >= 11 is 6.32. The van der Waals surface area contributed by atoms with Crippen LogP contribution in [0.15, 0.2) is 42.5 Å². The Morgan fingerprint density at radius 2 is 1.71 bits per heavy atom. The van der Waals surface area contributed by atoms with Crippen LogP contribution < -0.4 is 14.8 Å². The number of rotatable bonds is 7. The van der Waals surface area contributed by atoms with Crippen LogP contribution in [0.4, 0.5) is 0 Å². The summed E-state index contributed by atoms with van der Waals surface area (Å²) in [6, 6.07) is 14.2. The van der Waals surface area contributed by atoms with Gasteiger partial charge in [0.25, 0.3) is 0 Å². The largest absolute Gasteiger partial charge is 0.489 e. The molecule has 0 atom stereocenters. The molecule has 0 saturated carbocycles. The summed E-state index contributed by atoms with van der Waals surface area (Å²) in [4.78, 5) is 17.3. The molecule has 4 rings (SSSR count). The molecule has 31 heavy (non-hydrogen) atoms. The average Bonchev–Trinajstić information content (AvgIpc) is 3.02. The Morgan fingerprint density at radius 1 is 0.968 bits per heavy atom. The summed E-state index contributed by atoms with van der Waals surface area (Å²) < 4.78 is 11.4. The number of hydrogen-bond donors (Lipinski definition) is 1. The van der Waals surface area contributed by atoms with Crippen molar-refractivity contribution in [2.24, 2.45) is 0 Å². The zero-order valence-electron chi connectivity index (χ0n) is 17.8. The number of ether oxygens (including phenoxy) is 2. The van der Waals surface area contributed by atoms with Crippen molar-refractivity contribution >= 4 is 17.5 Å². The summed E-state index contributed by atoms with van der Waals surface area (Å²) in [5.74, 6) is 1.20. The van der Waals surface area contributed by atoms with E-state index in [-0.39, 0.29) is 12.3 Å². The van der Waals surface area contributed by atoms with Crippen molar-refractivity contribution in [3.8, 4) is 11.5 Å². The van der Waals surface area contributed by atoms with Gasteiger partial charge < -0.3 is 14.8 Å². The van der Waals surface area contributed by atoms with Crippen LogP contribution in [0.2, 0.25) is 5.02 Å². The third kappa shape index (κ3) is 6.35. The summed E-state index contributed by atoms with van der Waals surface area (Å²) in [7, 11) is 0. The van der Waals surface area contributed by atoms with E-state index < -0.39 is 0 Å². The summed E-state index contributed by atoms with van der Waals surface area (Å²) in [6.07, 6.45) is 1.10. The highest BCUT2D eigenvalue weighted by atomic mass is 35.5. The van der Waals surface area contributed by atoms with Crippen LogP contribution in [-0.4, -0.2) is 68.2 Å². The third-order valence-electron chi connectivity index (χ3n) is 5.69. The molecule has 2 aliphatic rings. The molecular weight excluding hydrogens is 414 g/mol. The van der Waals surface area contributed by atoms with Crippen LogP contribution >= 0.6 is 11.6 Å². The smallest absolute Gasteiger partial charge is 0.224 e. The van der Waals surface area contributed by atoms with Gasteiger partial charge in [-0.15, -0.1) is 0 Å². The van der Waals surface area contributed by atoms with Crippen LogP contribution in [-0.2, 0) is 17.8 Å². The van der Waals surface area contributed by atoms with Crippen molar-refractivity contribution in [2.75, 3.05) is 52.5 Å². The molecule has 0 aromatic heterocycles. The van der Waals surface area contributed by atoms with Crippen molar-refractivity contribution in [1.82, 2.24) is 15.1 Å². The van der Waals surface area contributed by atoms with Crippen LogP contribution in [0.5, 0.6) is 11.5 Å². The first-order valence-electron chi connectivity index (χ1n) is 11.0. The maximum Gasteiger partial charge on any atom is 0.224 e. The molecule has 0 radical (unpaired) electrons. The van der Waals surface area contributed by atoms with E-state index in [1.54, 1.807) is 6.07 Å². The summed E-state index contributed by atoms with van der Waals surface area (Å²) in [5.41, 5.74) is 2.19. The molecular formula is C24H30ClN3O3. The maximum atomic E-state index is 12.4. The second-order valence-corrected chi connectivity index (χ2v) is 8.49. The number of halogens is 1. The third-order valence-corrected chi connectivity index (χ3v) is 5.97. The van der Waals surface area contributed by atoms with Crippen molar-refractivity contribution in [1.29, 1.82) is 0 Å². The van der Waals surface area contributed by atoms with E-state index in [0.29, 0.717) is 36.3 Å². The number of carbonyl (C=O) groups is 1. The van der Waals surface area contributed by atoms with Gasteiger partial charge in [-0.25, -0.2) is 0 Å². The van der Waals surface area contributed by atoms with E-state index in [9.17, 15) is 4.79 Å². The number of hydrogen-bond acceptors (Lipinski definition) is 5. The molecule has 7 heteroatoms. The number of nitrogens with one attached hydrogen (secondary N) is 1. The van der Waals surface area contributed by atoms with Gasteiger partial charge in [-0.3, -0.25) is 14.6 Å². The lowest BCUT2D eigenvalue weighted by atomic mass is 10.1. The lowest BCUT2D eigenvalue weighted by molar-refractivity contribution is -0.120. The van der Waals surface area contributed by atoms with E-state index in [1.807, 2.05) is 6.07 Å². The predicted molar refractivity (Wildman–Crippen MR) is 122 cm³/mol. The van der Waals surface area contributed by atoms with E-state index in [0.717, 1.165) is 51.3 Å². The number of piperazine rings is 1. The molecule has 1 fully saturated rings. The zero-order chi connectivity index (χ0) is 21.5. The van der Waals surface area contributed by atoms with Crippen LogP contribution in [0.3, 0.4) is 0 Å². The van der Waals surface area contributed by atoms with Crippen LogP contribution in [0.25, 0.3) is 0 Å². The summed E-state index contributed by atoms with van der Waals surface area (Å²) in [5, 5.41) is 3.53. The highest BCUT2D eigenvalue weighted by Crippen LogP contribution is 2.38. The second kappa shape index (κ2) is 10.8. The molecule has 2 aromatic rings. The monoisotopic (exact) mass is 443 g/mol. The average molecular weight is 444 g/mol. The first-order valence-corrected chi connectivity index (χ1v) is 11.4. The quantitative estimate of drug-likeness (QED) is 0.713. The van der Waals surface area contributed by atoms with E-state index in [2.05, 4.69) is 45.4 Å². The Kier molecular flexibility index (Phi) is 7.67. The molecule has 0 spiro atoms. The molecule has 0 unspecified atom stereocenters. The van der Waals surface area contributed by atoms with Crippen molar-refractivity contribution < 1.29 is 14.3 Å². The van der Waals surface area contributed by atoms with Gasteiger partial charge in [-0.05, 0) is 23.3 Å². The topological polar surface area (TPSA) is 54.0 Å². The minimum absolute atomic E-state index is 0.00623. The molecule has 166 valence electrons. The molecule has 0 bridgehead atoms. The Balaban J connectivity index is 1.17. The molecule has 6 nitrogen and oxygen atoms in total. The number of nitrogens with zero attached hydrogens (tertiary/aromatic N) is 2. The fraction of sp³-hybridized carbons (Fsp3) is 0.458. The molecule has 1 saturated heterocycles. The predicted octanol–water partition coefficient (Wildman–Crippen LogP) is 2.98. The lowest BCUT2D eigenvalue weighted by Crippen LogP contribution is -2.48. The van der Waals surface area contributed by atoms with Crippen LogP contribution in [0.1, 0.15) is 17.5 Å². The molecule has 0 aliphatic carbocycles.